The molecule has 140 valence electrons. The van der Waals surface area contributed by atoms with Gasteiger partial charge in [0.2, 0.25) is 0 Å². The third-order valence-electron chi connectivity index (χ3n) is 0. The summed E-state index contributed by atoms with van der Waals surface area (Å²) in [6.07, 6.45) is -1.67. The largest absolute Gasteiger partial charge is 0.870 e. The molecule has 0 saturated heterocycles. The standard InChI is InChI=1S/4C3H7O.4H2O.Ti/c4*1-3(2)4;;;;;/h4*3H,1-2H3;4*1H2;/q4*-1;;;;;/p-4. The van der Waals surface area contributed by atoms with Gasteiger partial charge in [-0.3, -0.25) is 0 Å². The van der Waals surface area contributed by atoms with Crippen molar-refractivity contribution in [3.05, 3.63) is 0 Å². The summed E-state index contributed by atoms with van der Waals surface area (Å²) >= 11 is 0. The molecule has 0 bridgehead atoms. The molecule has 21 heavy (non-hydrogen) atoms. The third kappa shape index (κ3) is 44400. The van der Waals surface area contributed by atoms with Gasteiger partial charge in [0.05, 0.1) is 0 Å². The predicted molar refractivity (Wildman–Crippen MR) is 68.3 cm³/mol. The van der Waals surface area contributed by atoms with Crippen LogP contribution in [0.3, 0.4) is 0 Å². The fourth-order valence-electron chi connectivity index (χ4n) is 0. The van der Waals surface area contributed by atoms with Crippen LogP contribution in [0.15, 0.2) is 0 Å². The molecule has 0 atom stereocenters. The Morgan fingerprint density at radius 3 is 0.381 bits per heavy atom. The minimum Gasteiger partial charge on any atom is -0.870 e. The number of hydrogen-bond acceptors (Lipinski definition) is 8. The molecular formula is C12H32O8Ti-8. The zero-order valence-electron chi connectivity index (χ0n) is 14.2. The van der Waals surface area contributed by atoms with E-state index in [1.54, 1.807) is 55.4 Å². The Morgan fingerprint density at radius 1 is 0.381 bits per heavy atom. The Labute approximate surface area is 144 Å². The average Bonchev–Trinajstić information content (AvgIpc) is 1.76. The van der Waals surface area contributed by atoms with Gasteiger partial charge in [0.25, 0.3) is 0 Å². The van der Waals surface area contributed by atoms with Crippen molar-refractivity contribution >= 4 is 0 Å². The number of rotatable bonds is 0. The molecule has 4 N–H and O–H groups in total. The molecule has 0 radical (unpaired) electrons. The maximum absolute atomic E-state index is 9.53. The van der Waals surface area contributed by atoms with Crippen molar-refractivity contribution in [2.24, 2.45) is 0 Å². The summed E-state index contributed by atoms with van der Waals surface area (Å²) in [7, 11) is 0. The van der Waals surface area contributed by atoms with Crippen molar-refractivity contribution in [1.29, 1.82) is 0 Å². The van der Waals surface area contributed by atoms with Crippen molar-refractivity contribution in [1.82, 2.24) is 0 Å². The van der Waals surface area contributed by atoms with Crippen LogP contribution in [-0.4, -0.2) is 46.3 Å². The summed E-state index contributed by atoms with van der Waals surface area (Å²) in [5, 5.41) is 38.1. The van der Waals surface area contributed by atoms with Crippen molar-refractivity contribution in [3.63, 3.8) is 0 Å². The molecule has 0 aromatic heterocycles. The van der Waals surface area contributed by atoms with Crippen LogP contribution in [0.4, 0.5) is 0 Å². The van der Waals surface area contributed by atoms with E-state index >= 15 is 0 Å². The quantitative estimate of drug-likeness (QED) is 0.457. The molecule has 0 spiro atoms. The molecular weight excluding hydrogens is 320 g/mol. The fraction of sp³-hybridized carbons (Fsp3) is 1.00. The second-order valence-electron chi connectivity index (χ2n) is 4.20. The van der Waals surface area contributed by atoms with Gasteiger partial charge in [0.15, 0.2) is 0 Å². The average molecular weight is 352 g/mol. The van der Waals surface area contributed by atoms with Gasteiger partial charge in [0, 0.05) is 21.7 Å². The van der Waals surface area contributed by atoms with Crippen LogP contribution in [0.1, 0.15) is 55.4 Å². The normalized spacial score (nSPS) is 6.86. The molecule has 0 rings (SSSR count). The minimum atomic E-state index is -0.417. The van der Waals surface area contributed by atoms with Gasteiger partial charge in [-0.15, -0.1) is 24.4 Å². The van der Waals surface area contributed by atoms with Gasteiger partial charge >= 0.3 is 0 Å². The molecule has 9 heteroatoms. The van der Waals surface area contributed by atoms with E-state index in [2.05, 4.69) is 0 Å². The molecule has 0 aromatic rings. The second-order valence-corrected chi connectivity index (χ2v) is 4.20. The first-order chi connectivity index (χ1) is 6.93. The summed E-state index contributed by atoms with van der Waals surface area (Å²) in [6.45, 7) is 12.9. The van der Waals surface area contributed by atoms with Crippen LogP contribution in [-0.2, 0) is 21.7 Å². The molecule has 0 amide bonds. The van der Waals surface area contributed by atoms with Gasteiger partial charge in [0.1, 0.15) is 0 Å². The molecule has 0 aliphatic carbocycles. The van der Waals surface area contributed by atoms with Crippen molar-refractivity contribution in [2.75, 3.05) is 0 Å². The molecule has 0 heterocycles. The second kappa shape index (κ2) is 49.9. The first kappa shape index (κ1) is 57.9. The molecule has 8 nitrogen and oxygen atoms in total. The van der Waals surface area contributed by atoms with Crippen LogP contribution >= 0.6 is 0 Å². The monoisotopic (exact) mass is 352 g/mol. The summed E-state index contributed by atoms with van der Waals surface area (Å²) in [6, 6.07) is 0. The zero-order valence-corrected chi connectivity index (χ0v) is 15.8. The van der Waals surface area contributed by atoms with Gasteiger partial charge in [-0.05, 0) is 0 Å². The van der Waals surface area contributed by atoms with Crippen molar-refractivity contribution in [3.8, 4) is 0 Å². The van der Waals surface area contributed by atoms with Crippen molar-refractivity contribution in [2.45, 2.75) is 79.8 Å². The molecule has 0 fully saturated rings. The Hall–Kier alpha value is 0.394. The van der Waals surface area contributed by atoms with Gasteiger partial charge in [-0.25, -0.2) is 0 Å². The maximum atomic E-state index is 9.53. The van der Waals surface area contributed by atoms with E-state index in [1.165, 1.54) is 0 Å². The van der Waals surface area contributed by atoms with E-state index < -0.39 is 24.4 Å². The van der Waals surface area contributed by atoms with E-state index in [0.29, 0.717) is 0 Å². The Morgan fingerprint density at radius 2 is 0.381 bits per heavy atom. The van der Waals surface area contributed by atoms with E-state index in [-0.39, 0.29) is 43.6 Å². The van der Waals surface area contributed by atoms with E-state index in [1.807, 2.05) is 0 Å². The summed E-state index contributed by atoms with van der Waals surface area (Å²) in [5.41, 5.74) is 0. The molecule has 0 aliphatic heterocycles. The summed E-state index contributed by atoms with van der Waals surface area (Å²) in [5.74, 6) is 0. The fourth-order valence-corrected chi connectivity index (χ4v) is 0. The van der Waals surface area contributed by atoms with Gasteiger partial charge in [-0.2, -0.15) is 0 Å². The van der Waals surface area contributed by atoms with Crippen LogP contribution in [0.2, 0.25) is 0 Å². The topological polar surface area (TPSA) is 212 Å². The smallest absolute Gasteiger partial charge is 0 e. The Balaban J connectivity index is -0.0000000121. The molecule has 0 aromatic carbocycles. The summed E-state index contributed by atoms with van der Waals surface area (Å²) in [4.78, 5) is 0. The van der Waals surface area contributed by atoms with Crippen LogP contribution in [0.25, 0.3) is 0 Å². The molecule has 0 saturated carbocycles. The van der Waals surface area contributed by atoms with Crippen LogP contribution in [0.5, 0.6) is 0 Å². The van der Waals surface area contributed by atoms with Gasteiger partial charge in [-0.1, -0.05) is 55.4 Å². The predicted octanol–water partition coefficient (Wildman–Crippen LogP) is -1.69. The van der Waals surface area contributed by atoms with Crippen LogP contribution < -0.4 is 20.4 Å². The third-order valence-corrected chi connectivity index (χ3v) is 0. The first-order valence-electron chi connectivity index (χ1n) is 5.56. The molecule has 0 unspecified atom stereocenters. The van der Waals surface area contributed by atoms with Crippen molar-refractivity contribution < 1.29 is 64.0 Å². The number of hydrogen-bond donors (Lipinski definition) is 0. The van der Waals surface area contributed by atoms with E-state index in [0.717, 1.165) is 0 Å². The van der Waals surface area contributed by atoms with E-state index in [4.69, 9.17) is 0 Å². The Bertz CT molecular complexity index is 68.2. The maximum Gasteiger partial charge on any atom is 0 e. The van der Waals surface area contributed by atoms with Gasteiger partial charge < -0.3 is 42.3 Å². The minimum absolute atomic E-state index is 0. The van der Waals surface area contributed by atoms with E-state index in [9.17, 15) is 20.4 Å². The zero-order chi connectivity index (χ0) is 14.3. The Kier molecular flexibility index (Phi) is 138. The SMILES string of the molecule is CC(C)[O-].CC(C)[O-].CC(C)[O-].CC(C)[O-].[OH-].[OH-].[OH-].[OH-].[Ti]. The summed E-state index contributed by atoms with van der Waals surface area (Å²) < 4.78 is 0. The van der Waals surface area contributed by atoms with Crippen LogP contribution in [0, 0.1) is 0 Å². The molecule has 0 aliphatic rings. The first-order valence-corrected chi connectivity index (χ1v) is 5.56.